The highest BCUT2D eigenvalue weighted by Gasteiger charge is 2.22. The maximum Gasteiger partial charge on any atom is 0.319 e. The fraction of sp³-hybridized carbons (Fsp3) is 0. The van der Waals surface area contributed by atoms with Crippen molar-refractivity contribution in [2.24, 2.45) is 0 Å². The van der Waals surface area contributed by atoms with E-state index >= 15 is 0 Å². The number of rotatable bonds is 5. The van der Waals surface area contributed by atoms with E-state index in [9.17, 15) is 50.6 Å². The van der Waals surface area contributed by atoms with Crippen LogP contribution < -0.4 is 28.7 Å². The molecule has 4 aromatic carbocycles. The zero-order valence-electron chi connectivity index (χ0n) is 23.4. The standard InChI is InChI=1S/C6H5N3O5.C6H7N3O2.2C6H6N2O3/c7-4-1-3(8(11)12)2-5(6(4)10)9(13)14;7-4-1-2-5(8)6(3-4)9(10)11;7-5-3-4(8(10)11)1-2-6(5)9;7-5-2-1-4(8(10)11)3-6(5)9/h1-2,10H,7H2;1-3H,7-8H2;2*1-3,9H,7H2. The summed E-state index contributed by atoms with van der Waals surface area (Å²) in [6.07, 6.45) is 0. The van der Waals surface area contributed by atoms with Gasteiger partial charge in [-0.25, -0.2) is 0 Å². The number of nitro groups is 5. The molecule has 0 atom stereocenters. The Kier molecular flexibility index (Phi) is 12.9. The molecule has 0 saturated carbocycles. The summed E-state index contributed by atoms with van der Waals surface area (Å²) in [6.45, 7) is 0. The number of nitrogens with two attached hydrogens (primary N) is 5. The van der Waals surface area contributed by atoms with Crippen molar-refractivity contribution in [3.8, 4) is 17.2 Å². The van der Waals surface area contributed by atoms with E-state index in [1.165, 1.54) is 42.5 Å². The first-order chi connectivity index (χ1) is 21.8. The smallest absolute Gasteiger partial charge is 0.319 e. The molecule has 0 heterocycles. The van der Waals surface area contributed by atoms with Crippen molar-refractivity contribution in [2.75, 3.05) is 28.7 Å². The molecule has 0 aliphatic rings. The third-order valence-electron chi connectivity index (χ3n) is 5.21. The Balaban J connectivity index is 0.000000315. The van der Waals surface area contributed by atoms with Crippen molar-refractivity contribution >= 4 is 56.9 Å². The molecule has 0 aliphatic carbocycles. The molecule has 0 aromatic heterocycles. The third-order valence-corrected chi connectivity index (χ3v) is 5.21. The normalized spacial score (nSPS) is 9.53. The monoisotopic (exact) mass is 660 g/mol. The molecule has 0 amide bonds. The minimum absolute atomic E-state index is 0.0131. The van der Waals surface area contributed by atoms with E-state index in [1.54, 1.807) is 0 Å². The van der Waals surface area contributed by atoms with Gasteiger partial charge in [-0.1, -0.05) is 0 Å². The molecule has 0 unspecified atom stereocenters. The van der Waals surface area contributed by atoms with Gasteiger partial charge in [0, 0.05) is 36.0 Å². The molecule has 0 spiro atoms. The van der Waals surface area contributed by atoms with Crippen molar-refractivity contribution in [3.05, 3.63) is 117 Å². The first-order valence-corrected chi connectivity index (χ1v) is 11.9. The van der Waals surface area contributed by atoms with Gasteiger partial charge >= 0.3 is 5.69 Å². The molecular formula is C24H24N10O13. The van der Waals surface area contributed by atoms with Crippen LogP contribution in [0.5, 0.6) is 17.2 Å². The van der Waals surface area contributed by atoms with Gasteiger partial charge in [0.05, 0.1) is 53.8 Å². The maximum atomic E-state index is 10.3. The lowest BCUT2D eigenvalue weighted by Gasteiger charge is -1.99. The second-order valence-corrected chi connectivity index (χ2v) is 8.49. The largest absolute Gasteiger partial charge is 0.506 e. The zero-order valence-corrected chi connectivity index (χ0v) is 23.4. The van der Waals surface area contributed by atoms with Gasteiger partial charge in [-0.05, 0) is 24.3 Å². The zero-order chi connectivity index (χ0) is 36.2. The molecule has 0 bridgehead atoms. The van der Waals surface area contributed by atoms with Gasteiger partial charge in [-0.15, -0.1) is 0 Å². The number of nitro benzene ring substituents is 5. The molecule has 0 aliphatic heterocycles. The lowest BCUT2D eigenvalue weighted by atomic mass is 10.2. The van der Waals surface area contributed by atoms with E-state index in [1.807, 2.05) is 0 Å². The number of aromatic hydroxyl groups is 3. The Morgan fingerprint density at radius 3 is 1.34 bits per heavy atom. The molecule has 4 aromatic rings. The van der Waals surface area contributed by atoms with Crippen molar-refractivity contribution in [1.82, 2.24) is 0 Å². The molecule has 13 N–H and O–H groups in total. The number of nitrogen functional groups attached to an aromatic ring is 5. The molecule has 0 fully saturated rings. The number of benzene rings is 4. The second kappa shape index (κ2) is 16.2. The number of nitrogens with zero attached hydrogens (tertiary/aromatic N) is 5. The van der Waals surface area contributed by atoms with Gasteiger partial charge < -0.3 is 44.0 Å². The van der Waals surface area contributed by atoms with E-state index in [-0.39, 0.29) is 45.6 Å². The van der Waals surface area contributed by atoms with E-state index in [2.05, 4.69) is 0 Å². The van der Waals surface area contributed by atoms with Crippen LogP contribution in [0.3, 0.4) is 0 Å². The Labute approximate surface area is 260 Å². The predicted molar refractivity (Wildman–Crippen MR) is 166 cm³/mol. The number of phenols is 3. The maximum absolute atomic E-state index is 10.3. The lowest BCUT2D eigenvalue weighted by Crippen LogP contribution is -1.96. The summed E-state index contributed by atoms with van der Waals surface area (Å²) in [7, 11) is 0. The van der Waals surface area contributed by atoms with Crippen LogP contribution in [-0.4, -0.2) is 39.9 Å². The Morgan fingerprint density at radius 1 is 0.426 bits per heavy atom. The quantitative estimate of drug-likeness (QED) is 0.0658. The Morgan fingerprint density at radius 2 is 0.894 bits per heavy atom. The molecule has 248 valence electrons. The predicted octanol–water partition coefficient (Wildman–Crippen LogP) is 3.32. The highest BCUT2D eigenvalue weighted by Crippen LogP contribution is 2.35. The topological polar surface area (TPSA) is 406 Å². The van der Waals surface area contributed by atoms with Crippen molar-refractivity contribution in [3.63, 3.8) is 0 Å². The second-order valence-electron chi connectivity index (χ2n) is 8.49. The first kappa shape index (κ1) is 37.3. The van der Waals surface area contributed by atoms with Gasteiger partial charge in [0.25, 0.3) is 22.7 Å². The van der Waals surface area contributed by atoms with Crippen molar-refractivity contribution < 1.29 is 39.9 Å². The summed E-state index contributed by atoms with van der Waals surface area (Å²) < 4.78 is 0. The molecule has 23 nitrogen and oxygen atoms in total. The van der Waals surface area contributed by atoms with Crippen LogP contribution in [0.4, 0.5) is 56.9 Å². The molecule has 0 saturated heterocycles. The number of anilines is 5. The van der Waals surface area contributed by atoms with E-state index in [0.717, 1.165) is 18.2 Å². The van der Waals surface area contributed by atoms with E-state index in [0.29, 0.717) is 11.8 Å². The summed E-state index contributed by atoms with van der Waals surface area (Å²) in [6, 6.07) is 12.7. The van der Waals surface area contributed by atoms with Crippen LogP contribution in [0.1, 0.15) is 0 Å². The summed E-state index contributed by atoms with van der Waals surface area (Å²) >= 11 is 0. The van der Waals surface area contributed by atoms with Gasteiger partial charge in [-0.2, -0.15) is 0 Å². The summed E-state index contributed by atoms with van der Waals surface area (Å²) in [5.74, 6) is -1.17. The lowest BCUT2D eigenvalue weighted by molar-refractivity contribution is -0.394. The van der Waals surface area contributed by atoms with Gasteiger partial charge in [-0.3, -0.25) is 50.6 Å². The fourth-order valence-corrected chi connectivity index (χ4v) is 2.89. The number of phenolic OH excluding ortho intramolecular Hbond substituents is 3. The van der Waals surface area contributed by atoms with Gasteiger partial charge in [0.2, 0.25) is 5.75 Å². The van der Waals surface area contributed by atoms with Crippen LogP contribution in [0.25, 0.3) is 0 Å². The number of hydrogen-bond acceptors (Lipinski definition) is 18. The number of hydrogen-bond donors (Lipinski definition) is 8. The molecule has 23 heteroatoms. The van der Waals surface area contributed by atoms with Crippen LogP contribution in [-0.2, 0) is 0 Å². The minimum Gasteiger partial charge on any atom is -0.506 e. The minimum atomic E-state index is -0.946. The average Bonchev–Trinajstić information content (AvgIpc) is 2.99. The Bertz CT molecular complexity index is 1770. The fourth-order valence-electron chi connectivity index (χ4n) is 2.89. The van der Waals surface area contributed by atoms with Crippen LogP contribution in [0.2, 0.25) is 0 Å². The van der Waals surface area contributed by atoms with Crippen molar-refractivity contribution in [2.45, 2.75) is 0 Å². The number of non-ortho nitro benzene ring substituents is 3. The van der Waals surface area contributed by atoms with Crippen LogP contribution in [0.15, 0.2) is 66.7 Å². The highest BCUT2D eigenvalue weighted by molar-refractivity contribution is 5.68. The summed E-state index contributed by atoms with van der Waals surface area (Å²) in [5, 5.41) is 78.0. The summed E-state index contributed by atoms with van der Waals surface area (Å²) in [5.41, 5.74) is 24.6. The average molecular weight is 661 g/mol. The first-order valence-electron chi connectivity index (χ1n) is 11.9. The Hall–Kier alpha value is -7.72. The third kappa shape index (κ3) is 11.1. The van der Waals surface area contributed by atoms with Crippen LogP contribution in [0, 0.1) is 50.6 Å². The highest BCUT2D eigenvalue weighted by atomic mass is 16.6. The van der Waals surface area contributed by atoms with E-state index in [4.69, 9.17) is 44.0 Å². The van der Waals surface area contributed by atoms with Crippen molar-refractivity contribution in [1.29, 1.82) is 0 Å². The molecule has 4 rings (SSSR count). The molecule has 47 heavy (non-hydrogen) atoms. The van der Waals surface area contributed by atoms with Crippen LogP contribution >= 0.6 is 0 Å². The van der Waals surface area contributed by atoms with Gasteiger partial charge in [0.15, 0.2) is 0 Å². The van der Waals surface area contributed by atoms with E-state index < -0.39 is 47.4 Å². The summed E-state index contributed by atoms with van der Waals surface area (Å²) in [4.78, 5) is 47.6. The van der Waals surface area contributed by atoms with Gasteiger partial charge in [0.1, 0.15) is 17.2 Å². The molecular weight excluding hydrogens is 636 g/mol. The molecule has 0 radical (unpaired) electrons. The SMILES string of the molecule is Nc1cc([N+](=O)[O-])cc([N+](=O)[O-])c1O.Nc1cc([N+](=O)[O-])ccc1O.Nc1ccc(N)c([N+](=O)[O-])c1.Nc1ccc([N+](=O)[O-])cc1O.